The molecule has 35 heavy (non-hydrogen) atoms. The Bertz CT molecular complexity index is 1340. The van der Waals surface area contributed by atoms with Gasteiger partial charge in [0.05, 0.1) is 28.2 Å². The number of phenolic OH excluding ortho intramolecular Hbond substituents is 1. The van der Waals surface area contributed by atoms with Crippen LogP contribution in [0.3, 0.4) is 0 Å². The highest BCUT2D eigenvalue weighted by molar-refractivity contribution is 6.21. The number of halogens is 1. The zero-order chi connectivity index (χ0) is 24.3. The minimum absolute atomic E-state index is 0.00923. The molecule has 2 fully saturated rings. The van der Waals surface area contributed by atoms with Gasteiger partial charge in [0.2, 0.25) is 0 Å². The number of carbonyl (C=O) groups excluding carboxylic acids is 2. The van der Waals surface area contributed by atoms with Crippen molar-refractivity contribution in [3.63, 3.8) is 0 Å². The number of ether oxygens (including phenoxy) is 1. The lowest BCUT2D eigenvalue weighted by molar-refractivity contribution is -0.194. The van der Waals surface area contributed by atoms with Crippen LogP contribution in [0, 0.1) is 5.82 Å². The number of nitrogens with zero attached hydrogens (tertiary/aromatic N) is 2. The van der Waals surface area contributed by atoms with Gasteiger partial charge in [0.1, 0.15) is 11.9 Å². The number of amides is 2. The summed E-state index contributed by atoms with van der Waals surface area (Å²) in [6, 6.07) is 6.29. The van der Waals surface area contributed by atoms with E-state index in [0.29, 0.717) is 44.5 Å². The molecule has 1 saturated heterocycles. The molecule has 5 atom stereocenters. The number of rotatable bonds is 3. The minimum atomic E-state index is -1.16. The maximum absolute atomic E-state index is 13.9. The number of hydrogen-bond donors (Lipinski definition) is 2. The molecule has 180 valence electrons. The van der Waals surface area contributed by atoms with Gasteiger partial charge in [-0.05, 0) is 62.1 Å². The lowest BCUT2D eigenvalue weighted by atomic mass is 9.48. The van der Waals surface area contributed by atoms with E-state index in [1.165, 1.54) is 17.0 Å². The molecular weight excluding hydrogens is 451 g/mol. The van der Waals surface area contributed by atoms with Crippen molar-refractivity contribution < 1.29 is 28.9 Å². The van der Waals surface area contributed by atoms with Crippen LogP contribution >= 0.6 is 0 Å². The van der Waals surface area contributed by atoms with Crippen molar-refractivity contribution in [3.8, 4) is 11.5 Å². The molecule has 2 aliphatic carbocycles. The van der Waals surface area contributed by atoms with Crippen molar-refractivity contribution in [2.75, 3.05) is 13.1 Å². The second kappa shape index (κ2) is 6.71. The SMILES string of the molecule is C=CCN1CC[C@]23c4c5ccc(O)c4O[C@H]2[C@H](N2C(=O)c4ccc(F)cc4C2=O)CCC3(O)[C@H]1C5. The Balaban J connectivity index is 1.39. The molecule has 2 aromatic rings. The summed E-state index contributed by atoms with van der Waals surface area (Å²) in [5, 5.41) is 23.2. The quantitative estimate of drug-likeness (QED) is 0.523. The van der Waals surface area contributed by atoms with Gasteiger partial charge in [-0.15, -0.1) is 6.58 Å². The van der Waals surface area contributed by atoms with Gasteiger partial charge in [-0.1, -0.05) is 12.1 Å². The molecule has 1 unspecified atom stereocenters. The molecule has 8 heteroatoms. The minimum Gasteiger partial charge on any atom is -0.504 e. The number of carbonyl (C=O) groups is 2. The number of likely N-dealkylation sites (tertiary alicyclic amines) is 1. The first-order valence-corrected chi connectivity index (χ1v) is 12.1. The fourth-order valence-electron chi connectivity index (χ4n) is 7.79. The van der Waals surface area contributed by atoms with Gasteiger partial charge in [-0.25, -0.2) is 4.39 Å². The zero-order valence-electron chi connectivity index (χ0n) is 19.0. The number of aliphatic hydroxyl groups is 1. The van der Waals surface area contributed by atoms with Crippen LogP contribution in [-0.2, 0) is 11.8 Å². The smallest absolute Gasteiger partial charge is 0.262 e. The van der Waals surface area contributed by atoms with Crippen LogP contribution < -0.4 is 4.74 Å². The molecule has 3 heterocycles. The lowest BCUT2D eigenvalue weighted by Gasteiger charge is -2.64. The highest BCUT2D eigenvalue weighted by Gasteiger charge is 2.74. The number of fused-ring (bicyclic) bond motifs is 1. The zero-order valence-corrected chi connectivity index (χ0v) is 19.0. The van der Waals surface area contributed by atoms with E-state index >= 15 is 0 Å². The predicted molar refractivity (Wildman–Crippen MR) is 123 cm³/mol. The molecule has 3 aliphatic heterocycles. The van der Waals surface area contributed by atoms with Crippen LogP contribution in [0.1, 0.15) is 51.1 Å². The molecule has 2 N–H and O–H groups in total. The van der Waals surface area contributed by atoms with Gasteiger partial charge < -0.3 is 14.9 Å². The number of phenols is 1. The lowest BCUT2D eigenvalue weighted by Crippen LogP contribution is -2.78. The maximum atomic E-state index is 13.9. The Labute approximate surface area is 201 Å². The van der Waals surface area contributed by atoms with Crippen LogP contribution in [0.2, 0.25) is 0 Å². The first-order valence-electron chi connectivity index (χ1n) is 12.1. The fraction of sp³-hybridized carbons (Fsp3) is 0.407. The summed E-state index contributed by atoms with van der Waals surface area (Å²) in [6.07, 6.45) is 3.00. The molecule has 2 aromatic carbocycles. The van der Waals surface area contributed by atoms with E-state index in [1.807, 2.05) is 12.1 Å². The Hall–Kier alpha value is -3.23. The van der Waals surface area contributed by atoms with E-state index in [4.69, 9.17) is 4.74 Å². The van der Waals surface area contributed by atoms with Crippen molar-refractivity contribution in [1.29, 1.82) is 0 Å². The van der Waals surface area contributed by atoms with Crippen LogP contribution in [0.4, 0.5) is 4.39 Å². The van der Waals surface area contributed by atoms with Crippen LogP contribution in [0.15, 0.2) is 43.0 Å². The largest absolute Gasteiger partial charge is 0.504 e. The second-order valence-electron chi connectivity index (χ2n) is 10.4. The van der Waals surface area contributed by atoms with Crippen molar-refractivity contribution in [1.82, 2.24) is 9.80 Å². The van der Waals surface area contributed by atoms with Gasteiger partial charge in [-0.3, -0.25) is 19.4 Å². The third-order valence-electron chi connectivity index (χ3n) is 9.12. The third-order valence-corrected chi connectivity index (χ3v) is 9.12. The van der Waals surface area contributed by atoms with E-state index in [9.17, 15) is 24.2 Å². The maximum Gasteiger partial charge on any atom is 0.262 e. The third kappa shape index (κ3) is 2.32. The number of hydrogen-bond acceptors (Lipinski definition) is 6. The standard InChI is InChI=1S/C27H25FN2O5/c1-2-10-29-11-9-26-21-14-3-6-19(31)22(21)35-23(26)18(7-8-27(26,34)20(29)12-14)30-24(32)16-5-4-15(28)13-17(16)25(30)33/h2-6,13,18,20,23,31,34H,1,7-12H2/t18-,20-,23+,26+,27?/m1/s1. The molecule has 2 bridgehead atoms. The topological polar surface area (TPSA) is 90.3 Å². The van der Waals surface area contributed by atoms with Crippen LogP contribution in [0.25, 0.3) is 0 Å². The fourth-order valence-corrected chi connectivity index (χ4v) is 7.79. The molecule has 0 radical (unpaired) electrons. The molecule has 0 aromatic heterocycles. The van der Waals surface area contributed by atoms with Gasteiger partial charge in [0.25, 0.3) is 11.8 Å². The second-order valence-corrected chi connectivity index (χ2v) is 10.4. The van der Waals surface area contributed by atoms with Crippen LogP contribution in [-0.4, -0.2) is 68.7 Å². The normalized spacial score (nSPS) is 34.5. The van der Waals surface area contributed by atoms with Crippen LogP contribution in [0.5, 0.6) is 11.5 Å². The van der Waals surface area contributed by atoms with Gasteiger partial charge >= 0.3 is 0 Å². The number of imide groups is 1. The van der Waals surface area contributed by atoms with E-state index in [-0.39, 0.29) is 22.9 Å². The van der Waals surface area contributed by atoms with Crippen molar-refractivity contribution in [2.24, 2.45) is 0 Å². The molecule has 1 saturated carbocycles. The summed E-state index contributed by atoms with van der Waals surface area (Å²) in [7, 11) is 0. The summed E-state index contributed by atoms with van der Waals surface area (Å²) >= 11 is 0. The van der Waals surface area contributed by atoms with Gasteiger partial charge in [0, 0.05) is 18.2 Å². The summed E-state index contributed by atoms with van der Waals surface area (Å²) in [5.41, 5.74) is 0.0127. The average Bonchev–Trinajstić information content (AvgIpc) is 3.30. The summed E-state index contributed by atoms with van der Waals surface area (Å²) in [5.74, 6) is -1.26. The first-order chi connectivity index (χ1) is 16.8. The Morgan fingerprint density at radius 2 is 1.97 bits per heavy atom. The first kappa shape index (κ1) is 21.1. The molecule has 5 aliphatic rings. The number of piperidine rings is 1. The summed E-state index contributed by atoms with van der Waals surface area (Å²) < 4.78 is 20.4. The Kier molecular flexibility index (Phi) is 4.04. The summed E-state index contributed by atoms with van der Waals surface area (Å²) in [6.45, 7) is 5.21. The molecule has 1 spiro atoms. The molecule has 7 rings (SSSR count). The Morgan fingerprint density at radius 3 is 2.77 bits per heavy atom. The van der Waals surface area contributed by atoms with E-state index < -0.39 is 40.8 Å². The molecule has 2 amide bonds. The molecule has 7 nitrogen and oxygen atoms in total. The average molecular weight is 477 g/mol. The van der Waals surface area contributed by atoms with E-state index in [2.05, 4.69) is 11.5 Å². The molecular formula is C27H25FN2O5. The monoisotopic (exact) mass is 476 g/mol. The van der Waals surface area contributed by atoms with Gasteiger partial charge in [-0.2, -0.15) is 0 Å². The van der Waals surface area contributed by atoms with E-state index in [0.717, 1.165) is 17.2 Å². The summed E-state index contributed by atoms with van der Waals surface area (Å²) in [4.78, 5) is 30.2. The van der Waals surface area contributed by atoms with E-state index in [1.54, 1.807) is 6.07 Å². The van der Waals surface area contributed by atoms with Crippen molar-refractivity contribution in [2.45, 2.75) is 54.9 Å². The number of aromatic hydroxyl groups is 1. The predicted octanol–water partition coefficient (Wildman–Crippen LogP) is 2.54. The number of benzene rings is 2. The van der Waals surface area contributed by atoms with Crippen molar-refractivity contribution >= 4 is 11.8 Å². The van der Waals surface area contributed by atoms with Crippen molar-refractivity contribution in [3.05, 3.63) is 71.1 Å². The van der Waals surface area contributed by atoms with Gasteiger partial charge in [0.15, 0.2) is 11.5 Å². The highest BCUT2D eigenvalue weighted by Crippen LogP contribution is 2.66. The Morgan fingerprint density at radius 1 is 1.17 bits per heavy atom. The highest BCUT2D eigenvalue weighted by atomic mass is 19.1.